The normalized spacial score (nSPS) is 10.7. The average Bonchev–Trinajstić information content (AvgIpc) is 3.21. The van der Waals surface area contributed by atoms with Crippen LogP contribution in [0, 0.1) is 15.9 Å². The summed E-state index contributed by atoms with van der Waals surface area (Å²) in [4.78, 5) is 38.4. The molecule has 0 atom stereocenters. The number of aromatic nitrogens is 1. The van der Waals surface area contributed by atoms with Crippen molar-refractivity contribution in [2.75, 3.05) is 5.32 Å². The van der Waals surface area contributed by atoms with Gasteiger partial charge in [0.15, 0.2) is 0 Å². The van der Waals surface area contributed by atoms with Gasteiger partial charge in [0, 0.05) is 47.0 Å². The zero-order valence-electron chi connectivity index (χ0n) is 16.6. The standard InChI is InChI=1S/C23H17FN4O4/c24-16-5-2-4-15(10-16)22(29)27-17-6-1-3-14(9-17)12-26-23(30)20-13-25-21-8-7-18(28(31)32)11-19(20)21/h1-11,13,25H,12H2,(H,26,30)(H,27,29). The Labute approximate surface area is 181 Å². The third-order valence-corrected chi connectivity index (χ3v) is 4.85. The molecule has 0 bridgehead atoms. The second-order valence-corrected chi connectivity index (χ2v) is 7.04. The highest BCUT2D eigenvalue weighted by Gasteiger charge is 2.15. The summed E-state index contributed by atoms with van der Waals surface area (Å²) in [5, 5.41) is 16.9. The van der Waals surface area contributed by atoms with Crippen molar-refractivity contribution in [2.45, 2.75) is 6.54 Å². The zero-order valence-corrected chi connectivity index (χ0v) is 16.6. The number of non-ortho nitro benzene ring substituents is 1. The fraction of sp³-hybridized carbons (Fsp3) is 0.0435. The maximum atomic E-state index is 13.3. The van der Waals surface area contributed by atoms with E-state index >= 15 is 0 Å². The summed E-state index contributed by atoms with van der Waals surface area (Å²) < 4.78 is 13.3. The van der Waals surface area contributed by atoms with Crippen LogP contribution in [0.15, 0.2) is 72.9 Å². The number of nitro benzene ring substituents is 1. The van der Waals surface area contributed by atoms with E-state index < -0.39 is 22.6 Å². The highest BCUT2D eigenvalue weighted by atomic mass is 19.1. The molecule has 160 valence electrons. The van der Waals surface area contributed by atoms with E-state index in [1.165, 1.54) is 36.5 Å². The first-order valence-corrected chi connectivity index (χ1v) is 9.60. The number of H-pyrrole nitrogens is 1. The van der Waals surface area contributed by atoms with Gasteiger partial charge in [0.25, 0.3) is 17.5 Å². The van der Waals surface area contributed by atoms with Gasteiger partial charge in [-0.25, -0.2) is 4.39 Å². The van der Waals surface area contributed by atoms with E-state index in [4.69, 9.17) is 0 Å². The highest BCUT2D eigenvalue weighted by Crippen LogP contribution is 2.23. The molecule has 32 heavy (non-hydrogen) atoms. The van der Waals surface area contributed by atoms with Crippen molar-refractivity contribution in [3.63, 3.8) is 0 Å². The Morgan fingerprint density at radius 2 is 1.81 bits per heavy atom. The van der Waals surface area contributed by atoms with Gasteiger partial charge in [-0.15, -0.1) is 0 Å². The summed E-state index contributed by atoms with van der Waals surface area (Å²) >= 11 is 0. The Balaban J connectivity index is 1.45. The fourth-order valence-electron chi connectivity index (χ4n) is 3.28. The number of rotatable bonds is 6. The molecule has 0 aliphatic heterocycles. The van der Waals surface area contributed by atoms with Gasteiger partial charge in [0.2, 0.25) is 0 Å². The number of anilines is 1. The monoisotopic (exact) mass is 432 g/mol. The summed E-state index contributed by atoms with van der Waals surface area (Å²) in [6, 6.07) is 16.5. The van der Waals surface area contributed by atoms with Gasteiger partial charge >= 0.3 is 0 Å². The molecule has 2 amide bonds. The SMILES string of the molecule is O=C(Nc1cccc(CNC(=O)c2c[nH]c3ccc([N+](=O)[O-])cc23)c1)c1cccc(F)c1. The quantitative estimate of drug-likeness (QED) is 0.309. The number of carbonyl (C=O) groups excluding carboxylic acids is 2. The van der Waals surface area contributed by atoms with E-state index in [-0.39, 0.29) is 17.8 Å². The Morgan fingerprint density at radius 1 is 1.00 bits per heavy atom. The molecule has 0 spiro atoms. The van der Waals surface area contributed by atoms with Crippen molar-refractivity contribution < 1.29 is 18.9 Å². The van der Waals surface area contributed by atoms with Gasteiger partial charge in [-0.2, -0.15) is 0 Å². The second kappa shape index (κ2) is 8.68. The molecule has 3 N–H and O–H groups in total. The number of nitro groups is 1. The topological polar surface area (TPSA) is 117 Å². The maximum absolute atomic E-state index is 13.3. The predicted octanol–water partition coefficient (Wildman–Crippen LogP) is 4.40. The molecule has 0 unspecified atom stereocenters. The van der Waals surface area contributed by atoms with E-state index in [0.717, 1.165) is 11.6 Å². The summed E-state index contributed by atoms with van der Waals surface area (Å²) in [6.07, 6.45) is 1.50. The van der Waals surface area contributed by atoms with Gasteiger partial charge < -0.3 is 15.6 Å². The Kier molecular flexibility index (Phi) is 5.63. The first kappa shape index (κ1) is 20.7. The zero-order chi connectivity index (χ0) is 22.7. The molecule has 0 aliphatic rings. The van der Waals surface area contributed by atoms with Crippen LogP contribution in [0.25, 0.3) is 10.9 Å². The van der Waals surface area contributed by atoms with Crippen molar-refractivity contribution >= 4 is 34.1 Å². The van der Waals surface area contributed by atoms with Crippen LogP contribution >= 0.6 is 0 Å². The summed E-state index contributed by atoms with van der Waals surface area (Å²) in [5.41, 5.74) is 2.21. The molecular formula is C23H17FN4O4. The van der Waals surface area contributed by atoms with Crippen LogP contribution < -0.4 is 10.6 Å². The molecule has 0 radical (unpaired) electrons. The van der Waals surface area contributed by atoms with E-state index in [9.17, 15) is 24.1 Å². The molecule has 1 aromatic heterocycles. The highest BCUT2D eigenvalue weighted by molar-refractivity contribution is 6.07. The second-order valence-electron chi connectivity index (χ2n) is 7.04. The van der Waals surface area contributed by atoms with Crippen LogP contribution in [0.4, 0.5) is 15.8 Å². The van der Waals surface area contributed by atoms with Gasteiger partial charge in [-0.05, 0) is 42.0 Å². The number of halogens is 1. The average molecular weight is 432 g/mol. The van der Waals surface area contributed by atoms with Crippen LogP contribution in [0.5, 0.6) is 0 Å². The molecular weight excluding hydrogens is 415 g/mol. The Morgan fingerprint density at radius 3 is 2.59 bits per heavy atom. The minimum atomic E-state index is -0.516. The van der Waals surface area contributed by atoms with Crippen molar-refractivity contribution in [3.8, 4) is 0 Å². The van der Waals surface area contributed by atoms with E-state index in [1.807, 2.05) is 0 Å². The van der Waals surface area contributed by atoms with Crippen molar-refractivity contribution in [1.29, 1.82) is 0 Å². The summed E-state index contributed by atoms with van der Waals surface area (Å²) in [6.45, 7) is 0.171. The van der Waals surface area contributed by atoms with Gasteiger partial charge in [0.05, 0.1) is 10.5 Å². The minimum absolute atomic E-state index is 0.104. The Bertz CT molecular complexity index is 1350. The molecule has 0 saturated carbocycles. The first-order chi connectivity index (χ1) is 15.4. The fourth-order valence-corrected chi connectivity index (χ4v) is 3.28. The first-order valence-electron chi connectivity index (χ1n) is 9.60. The number of nitrogens with one attached hydrogen (secondary N) is 3. The lowest BCUT2D eigenvalue weighted by Gasteiger charge is -2.09. The molecule has 9 heteroatoms. The Hall–Kier alpha value is -4.53. The number of aromatic amines is 1. The third kappa shape index (κ3) is 4.46. The van der Waals surface area contributed by atoms with Gasteiger partial charge in [0.1, 0.15) is 5.82 Å². The smallest absolute Gasteiger partial charge is 0.270 e. The molecule has 3 aromatic carbocycles. The lowest BCUT2D eigenvalue weighted by molar-refractivity contribution is -0.384. The lowest BCUT2D eigenvalue weighted by Crippen LogP contribution is -2.22. The molecule has 4 aromatic rings. The van der Waals surface area contributed by atoms with E-state index in [0.29, 0.717) is 22.2 Å². The summed E-state index contributed by atoms with van der Waals surface area (Å²) in [5.74, 6) is -1.35. The van der Waals surface area contributed by atoms with Crippen LogP contribution in [-0.2, 0) is 6.54 Å². The minimum Gasteiger partial charge on any atom is -0.360 e. The number of nitrogens with zero attached hydrogens (tertiary/aromatic N) is 1. The van der Waals surface area contributed by atoms with Crippen molar-refractivity contribution in [1.82, 2.24) is 10.3 Å². The molecule has 0 saturated heterocycles. The lowest BCUT2D eigenvalue weighted by atomic mass is 10.1. The maximum Gasteiger partial charge on any atom is 0.270 e. The number of carbonyl (C=O) groups is 2. The van der Waals surface area contributed by atoms with E-state index in [1.54, 1.807) is 30.3 Å². The number of amides is 2. The third-order valence-electron chi connectivity index (χ3n) is 4.85. The number of fused-ring (bicyclic) bond motifs is 1. The van der Waals surface area contributed by atoms with Crippen LogP contribution in [0.2, 0.25) is 0 Å². The van der Waals surface area contributed by atoms with Crippen LogP contribution in [-0.4, -0.2) is 21.7 Å². The number of hydrogen-bond donors (Lipinski definition) is 3. The molecule has 4 rings (SSSR count). The van der Waals surface area contributed by atoms with Gasteiger partial charge in [-0.1, -0.05) is 18.2 Å². The van der Waals surface area contributed by atoms with Crippen molar-refractivity contribution in [2.24, 2.45) is 0 Å². The largest absolute Gasteiger partial charge is 0.360 e. The van der Waals surface area contributed by atoms with Gasteiger partial charge in [-0.3, -0.25) is 19.7 Å². The van der Waals surface area contributed by atoms with Crippen molar-refractivity contribution in [3.05, 3.63) is 106 Å². The van der Waals surface area contributed by atoms with E-state index in [2.05, 4.69) is 15.6 Å². The number of benzene rings is 3. The molecule has 0 fully saturated rings. The molecule has 8 nitrogen and oxygen atoms in total. The van der Waals surface area contributed by atoms with Crippen LogP contribution in [0.1, 0.15) is 26.3 Å². The predicted molar refractivity (Wildman–Crippen MR) is 117 cm³/mol. The molecule has 0 aliphatic carbocycles. The number of hydrogen-bond acceptors (Lipinski definition) is 4. The van der Waals surface area contributed by atoms with Crippen LogP contribution in [0.3, 0.4) is 0 Å². The molecule has 1 heterocycles. The summed E-state index contributed by atoms with van der Waals surface area (Å²) in [7, 11) is 0.